The van der Waals surface area contributed by atoms with E-state index in [1.807, 2.05) is 6.92 Å². The number of nitrogens with zero attached hydrogens (tertiary/aromatic N) is 1. The third kappa shape index (κ3) is 2.46. The Kier molecular flexibility index (Phi) is 3.79. The molecule has 1 fully saturated rings. The lowest BCUT2D eigenvalue weighted by Gasteiger charge is -2.15. The molecule has 1 aliphatic rings. The first-order valence-corrected chi connectivity index (χ1v) is 7.69. The van der Waals surface area contributed by atoms with Gasteiger partial charge in [0.15, 0.2) is 0 Å². The number of benzene rings is 1. The van der Waals surface area contributed by atoms with Gasteiger partial charge in [0, 0.05) is 0 Å². The number of ether oxygens (including phenoxy) is 1. The molecule has 1 aliphatic heterocycles. The third-order valence-electron chi connectivity index (χ3n) is 2.62. The molecule has 2 rings (SSSR count). The Morgan fingerprint density at radius 3 is 2.56 bits per heavy atom. The number of alkyl halides is 1. The summed E-state index contributed by atoms with van der Waals surface area (Å²) in [5.41, 5.74) is 0.993. The summed E-state index contributed by atoms with van der Waals surface area (Å²) in [5, 5.41) is -0.0405. The number of thiocarbonyl (C=S) groups is 1. The van der Waals surface area contributed by atoms with E-state index in [4.69, 9.17) is 28.6 Å². The lowest BCUT2D eigenvalue weighted by molar-refractivity contribution is 0.260. The van der Waals surface area contributed by atoms with E-state index >= 15 is 0 Å². The van der Waals surface area contributed by atoms with Crippen LogP contribution in [0.5, 0.6) is 0 Å². The Morgan fingerprint density at radius 2 is 2.06 bits per heavy atom. The van der Waals surface area contributed by atoms with E-state index < -0.39 is 10.0 Å². The van der Waals surface area contributed by atoms with Gasteiger partial charge >= 0.3 is 0 Å². The third-order valence-corrected chi connectivity index (χ3v) is 5.16. The first-order valence-electron chi connectivity index (χ1n) is 5.31. The second-order valence-corrected chi connectivity index (χ2v) is 6.53. The molecule has 0 N–H and O–H groups in total. The first-order chi connectivity index (χ1) is 8.45. The van der Waals surface area contributed by atoms with Crippen molar-refractivity contribution in [2.75, 3.05) is 12.4 Å². The highest BCUT2D eigenvalue weighted by molar-refractivity contribution is 7.91. The van der Waals surface area contributed by atoms with Gasteiger partial charge in [0.25, 0.3) is 15.2 Å². The Morgan fingerprint density at radius 1 is 1.44 bits per heavy atom. The lowest BCUT2D eigenvalue weighted by atomic mass is 10.2. The molecule has 1 heterocycles. The topological polar surface area (TPSA) is 46.6 Å². The van der Waals surface area contributed by atoms with Crippen LogP contribution in [-0.4, -0.2) is 36.4 Å². The van der Waals surface area contributed by atoms with Crippen molar-refractivity contribution >= 4 is 39.0 Å². The fourth-order valence-electron chi connectivity index (χ4n) is 1.61. The van der Waals surface area contributed by atoms with Gasteiger partial charge in [-0.1, -0.05) is 17.7 Å². The quantitative estimate of drug-likeness (QED) is 0.632. The molecule has 4 nitrogen and oxygen atoms in total. The molecule has 18 heavy (non-hydrogen) atoms. The average Bonchev–Trinajstić information content (AvgIpc) is 2.72. The van der Waals surface area contributed by atoms with Crippen molar-refractivity contribution in [3.63, 3.8) is 0 Å². The molecule has 0 aliphatic carbocycles. The zero-order valence-corrected chi connectivity index (χ0v) is 12.1. The molecule has 1 saturated heterocycles. The molecule has 98 valence electrons. The van der Waals surface area contributed by atoms with Gasteiger partial charge < -0.3 is 4.74 Å². The Hall–Kier alpha value is -0.850. The molecule has 7 heteroatoms. The van der Waals surface area contributed by atoms with Crippen LogP contribution in [0.4, 0.5) is 0 Å². The van der Waals surface area contributed by atoms with E-state index in [2.05, 4.69) is 0 Å². The summed E-state index contributed by atoms with van der Waals surface area (Å²) in [7, 11) is -3.64. The fourth-order valence-corrected chi connectivity index (χ4v) is 3.61. The molecule has 0 saturated carbocycles. The SMILES string of the molecule is Cc1ccc(S(=O)(=O)N2CC(CCl)OC2=S)cc1. The molecular formula is C11H12ClNO3S2. The van der Waals surface area contributed by atoms with Crippen molar-refractivity contribution in [1.29, 1.82) is 0 Å². The van der Waals surface area contributed by atoms with Gasteiger partial charge in [0.2, 0.25) is 0 Å². The maximum Gasteiger partial charge on any atom is 0.274 e. The first kappa shape index (κ1) is 13.6. The Bertz CT molecular complexity index is 556. The molecule has 1 unspecified atom stereocenters. The second kappa shape index (κ2) is 5.03. The van der Waals surface area contributed by atoms with Gasteiger partial charge in [0.1, 0.15) is 6.10 Å². The number of hydrogen-bond donors (Lipinski definition) is 0. The number of halogens is 1. The van der Waals surface area contributed by atoms with Crippen molar-refractivity contribution in [1.82, 2.24) is 4.31 Å². The summed E-state index contributed by atoms with van der Waals surface area (Å²) < 4.78 is 31.0. The van der Waals surface area contributed by atoms with E-state index in [-0.39, 0.29) is 28.6 Å². The number of hydrogen-bond acceptors (Lipinski definition) is 4. The highest BCUT2D eigenvalue weighted by Gasteiger charge is 2.36. The standard InChI is InChI=1S/C11H12ClNO3S2/c1-8-2-4-10(5-3-8)18(14,15)13-7-9(6-12)16-11(13)17/h2-5,9H,6-7H2,1H3. The van der Waals surface area contributed by atoms with Gasteiger partial charge in [0.05, 0.1) is 17.3 Å². The van der Waals surface area contributed by atoms with Crippen LogP contribution in [0.25, 0.3) is 0 Å². The smallest absolute Gasteiger partial charge is 0.274 e. The van der Waals surface area contributed by atoms with Gasteiger partial charge in [-0.2, -0.15) is 0 Å². The summed E-state index contributed by atoms with van der Waals surface area (Å²) in [6, 6.07) is 6.60. The van der Waals surface area contributed by atoms with Crippen molar-refractivity contribution in [3.8, 4) is 0 Å². The van der Waals surface area contributed by atoms with Crippen molar-refractivity contribution < 1.29 is 13.2 Å². The van der Waals surface area contributed by atoms with E-state index in [9.17, 15) is 8.42 Å². The fraction of sp³-hybridized carbons (Fsp3) is 0.364. The van der Waals surface area contributed by atoms with Crippen LogP contribution in [0, 0.1) is 6.92 Å². The minimum atomic E-state index is -3.64. The largest absolute Gasteiger partial charge is 0.464 e. The average molecular weight is 306 g/mol. The van der Waals surface area contributed by atoms with Crippen molar-refractivity contribution in [2.24, 2.45) is 0 Å². The molecule has 1 atom stereocenters. The molecule has 0 amide bonds. The summed E-state index contributed by atoms with van der Waals surface area (Å²) in [6.45, 7) is 2.06. The highest BCUT2D eigenvalue weighted by atomic mass is 35.5. The zero-order chi connectivity index (χ0) is 13.3. The molecule has 0 bridgehead atoms. The Balaban J connectivity index is 2.32. The molecule has 1 aromatic rings. The predicted octanol–water partition coefficient (Wildman–Crippen LogP) is 1.91. The van der Waals surface area contributed by atoms with Crippen LogP contribution in [0.15, 0.2) is 29.2 Å². The van der Waals surface area contributed by atoms with Crippen LogP contribution in [-0.2, 0) is 14.8 Å². The van der Waals surface area contributed by atoms with Gasteiger partial charge in [-0.05, 0) is 31.3 Å². The maximum atomic E-state index is 12.3. The normalized spacial score (nSPS) is 20.0. The van der Waals surface area contributed by atoms with E-state index in [0.29, 0.717) is 0 Å². The summed E-state index contributed by atoms with van der Waals surface area (Å²) in [6.07, 6.45) is -0.376. The maximum absolute atomic E-state index is 12.3. The van der Waals surface area contributed by atoms with Crippen LogP contribution in [0.2, 0.25) is 0 Å². The second-order valence-electron chi connectivity index (χ2n) is 4.01. The van der Waals surface area contributed by atoms with E-state index in [0.717, 1.165) is 9.87 Å². The molecular weight excluding hydrogens is 294 g/mol. The molecule has 1 aromatic carbocycles. The van der Waals surface area contributed by atoms with Gasteiger partial charge in [-0.3, -0.25) is 0 Å². The van der Waals surface area contributed by atoms with Crippen molar-refractivity contribution in [2.45, 2.75) is 17.9 Å². The summed E-state index contributed by atoms with van der Waals surface area (Å²) in [5.74, 6) is 0.208. The van der Waals surface area contributed by atoms with Crippen LogP contribution in [0.3, 0.4) is 0 Å². The summed E-state index contributed by atoms with van der Waals surface area (Å²) >= 11 is 10.6. The molecule has 0 radical (unpaired) electrons. The van der Waals surface area contributed by atoms with Crippen LogP contribution < -0.4 is 0 Å². The van der Waals surface area contributed by atoms with E-state index in [1.165, 1.54) is 0 Å². The number of aryl methyl sites for hydroxylation is 1. The minimum absolute atomic E-state index is 0.0405. The van der Waals surface area contributed by atoms with Crippen LogP contribution in [0.1, 0.15) is 5.56 Å². The highest BCUT2D eigenvalue weighted by Crippen LogP contribution is 2.23. The molecule has 0 spiro atoms. The predicted molar refractivity (Wildman–Crippen MR) is 73.3 cm³/mol. The zero-order valence-electron chi connectivity index (χ0n) is 9.67. The van der Waals surface area contributed by atoms with E-state index in [1.54, 1.807) is 24.3 Å². The minimum Gasteiger partial charge on any atom is -0.464 e. The van der Waals surface area contributed by atoms with Crippen molar-refractivity contribution in [3.05, 3.63) is 29.8 Å². The van der Waals surface area contributed by atoms with Gasteiger partial charge in [-0.25, -0.2) is 12.7 Å². The number of rotatable bonds is 3. The summed E-state index contributed by atoms with van der Waals surface area (Å²) in [4.78, 5) is 0.203. The van der Waals surface area contributed by atoms with Gasteiger partial charge in [-0.15, -0.1) is 11.6 Å². The molecule has 0 aromatic heterocycles. The Labute approximate surface area is 117 Å². The number of sulfonamides is 1. The lowest BCUT2D eigenvalue weighted by Crippen LogP contribution is -2.32. The monoisotopic (exact) mass is 305 g/mol. The van der Waals surface area contributed by atoms with Crippen LogP contribution >= 0.6 is 23.8 Å².